The Kier molecular flexibility index (Phi) is 6.30. The Hall–Kier alpha value is -3.02. The van der Waals surface area contributed by atoms with E-state index in [-0.39, 0.29) is 17.7 Å². The number of pyridine rings is 1. The molecule has 0 radical (unpaired) electrons. The smallest absolute Gasteiger partial charge is 0.242 e. The molecule has 0 spiro atoms. The highest BCUT2D eigenvalue weighted by atomic mass is 16.2. The Morgan fingerprint density at radius 1 is 1.30 bits per heavy atom. The van der Waals surface area contributed by atoms with Gasteiger partial charge < -0.3 is 5.32 Å². The van der Waals surface area contributed by atoms with Crippen LogP contribution in [-0.4, -0.2) is 36.0 Å². The van der Waals surface area contributed by atoms with E-state index < -0.39 is 0 Å². The number of aliphatic imine (C=N–C) groups is 1. The lowest BCUT2D eigenvalue weighted by Crippen LogP contribution is -2.22. The molecule has 2 heterocycles. The fourth-order valence-corrected chi connectivity index (χ4v) is 2.91. The van der Waals surface area contributed by atoms with Gasteiger partial charge in [0.15, 0.2) is 0 Å². The van der Waals surface area contributed by atoms with Gasteiger partial charge in [-0.15, -0.1) is 0 Å². The van der Waals surface area contributed by atoms with Crippen molar-refractivity contribution in [2.24, 2.45) is 16.0 Å². The van der Waals surface area contributed by atoms with Crippen LogP contribution in [0.4, 0.5) is 0 Å². The van der Waals surface area contributed by atoms with Crippen molar-refractivity contribution in [1.29, 1.82) is 0 Å². The van der Waals surface area contributed by atoms with Gasteiger partial charge >= 0.3 is 0 Å². The molecule has 1 aromatic heterocycles. The van der Waals surface area contributed by atoms with Crippen LogP contribution in [0, 0.1) is 5.92 Å². The molecule has 1 aliphatic heterocycles. The van der Waals surface area contributed by atoms with Gasteiger partial charge in [-0.2, -0.15) is 5.10 Å². The number of benzene rings is 1. The summed E-state index contributed by atoms with van der Waals surface area (Å²) in [6, 6.07) is 14.1. The van der Waals surface area contributed by atoms with Crippen molar-refractivity contribution in [2.75, 3.05) is 13.1 Å². The van der Waals surface area contributed by atoms with Gasteiger partial charge in [0.2, 0.25) is 5.91 Å². The average molecular weight is 363 g/mol. The van der Waals surface area contributed by atoms with Gasteiger partial charge in [0.05, 0.1) is 18.6 Å². The minimum absolute atomic E-state index is 0.0956. The van der Waals surface area contributed by atoms with E-state index in [1.54, 1.807) is 6.21 Å². The van der Waals surface area contributed by atoms with Crippen LogP contribution in [0.1, 0.15) is 43.0 Å². The van der Waals surface area contributed by atoms with Crippen LogP contribution in [-0.2, 0) is 4.79 Å². The predicted molar refractivity (Wildman–Crippen MR) is 108 cm³/mol. The number of amides is 1. The van der Waals surface area contributed by atoms with E-state index in [1.807, 2.05) is 50.4 Å². The second-order valence-electron chi connectivity index (χ2n) is 6.83. The average Bonchev–Trinajstić information content (AvgIpc) is 3.20. The number of aromatic nitrogens is 1. The highest BCUT2D eigenvalue weighted by Gasteiger charge is 2.19. The molecule has 0 aliphatic carbocycles. The maximum absolute atomic E-state index is 11.6. The van der Waals surface area contributed by atoms with E-state index in [1.165, 1.54) is 0 Å². The summed E-state index contributed by atoms with van der Waals surface area (Å²) in [5.74, 6) is 0.934. The van der Waals surface area contributed by atoms with Crippen molar-refractivity contribution in [3.05, 3.63) is 65.5 Å². The molecule has 6 heteroatoms. The molecule has 1 unspecified atom stereocenters. The number of carbonyl (C=O) groups excluding carboxylic acids is 1. The Bertz CT molecular complexity index is 829. The second-order valence-corrected chi connectivity index (χ2v) is 6.83. The molecule has 0 saturated carbocycles. The van der Waals surface area contributed by atoms with Gasteiger partial charge in [-0.05, 0) is 29.3 Å². The Labute approximate surface area is 159 Å². The topological polar surface area (TPSA) is 78.7 Å². The highest BCUT2D eigenvalue weighted by Crippen LogP contribution is 2.27. The Balaban J connectivity index is 1.82. The van der Waals surface area contributed by atoms with Crippen molar-refractivity contribution in [1.82, 2.24) is 15.7 Å². The number of amidine groups is 1. The molecule has 1 aromatic carbocycles. The number of hydrogen-bond acceptors (Lipinski definition) is 5. The predicted octanol–water partition coefficient (Wildman–Crippen LogP) is 2.71. The summed E-state index contributed by atoms with van der Waals surface area (Å²) in [5, 5.41) is 7.41. The van der Waals surface area contributed by atoms with Crippen molar-refractivity contribution in [3.63, 3.8) is 0 Å². The Morgan fingerprint density at radius 2 is 2.19 bits per heavy atom. The number of nitrogens with one attached hydrogen (secondary N) is 2. The fourth-order valence-electron chi connectivity index (χ4n) is 2.91. The molecule has 3 rings (SSSR count). The number of hydrazone groups is 1. The first-order valence-electron chi connectivity index (χ1n) is 9.24. The third kappa shape index (κ3) is 5.23. The van der Waals surface area contributed by atoms with Crippen molar-refractivity contribution in [3.8, 4) is 0 Å². The van der Waals surface area contributed by atoms with Gasteiger partial charge in [0.25, 0.3) is 0 Å². The summed E-state index contributed by atoms with van der Waals surface area (Å²) in [5.41, 5.74) is 5.64. The quantitative estimate of drug-likeness (QED) is 0.586. The third-order valence-electron chi connectivity index (χ3n) is 4.41. The maximum Gasteiger partial charge on any atom is 0.242 e. The molecule has 1 aliphatic rings. The van der Waals surface area contributed by atoms with Crippen LogP contribution < -0.4 is 10.7 Å². The summed E-state index contributed by atoms with van der Waals surface area (Å²) in [4.78, 5) is 20.7. The summed E-state index contributed by atoms with van der Waals surface area (Å²) >= 11 is 0. The van der Waals surface area contributed by atoms with Crippen LogP contribution in [0.2, 0.25) is 0 Å². The van der Waals surface area contributed by atoms with Crippen LogP contribution in [0.15, 0.2) is 58.8 Å². The van der Waals surface area contributed by atoms with E-state index in [0.29, 0.717) is 0 Å². The number of carbonyl (C=O) groups is 1. The summed E-state index contributed by atoms with van der Waals surface area (Å²) in [6.45, 7) is 5.39. The van der Waals surface area contributed by atoms with Crippen LogP contribution in [0.25, 0.3) is 0 Å². The van der Waals surface area contributed by atoms with E-state index in [9.17, 15) is 4.79 Å². The minimum Gasteiger partial charge on any atom is -0.372 e. The molecule has 0 saturated heterocycles. The van der Waals surface area contributed by atoms with E-state index >= 15 is 0 Å². The standard InChI is InChI=1S/C21H25N5O/c1-15(2)21(27)26-25-14-16-6-5-7-17(12-16)18(13-20-23-10-11-24-20)19-8-3-4-9-22-19/h3-9,12,14-15,18H,10-11,13H2,1-2H3,(H,23,24)(H,26,27)/b25-14+. The van der Waals surface area contributed by atoms with Crippen LogP contribution in [0.3, 0.4) is 0 Å². The van der Waals surface area contributed by atoms with Gasteiger partial charge in [-0.25, -0.2) is 5.43 Å². The van der Waals surface area contributed by atoms with E-state index in [4.69, 9.17) is 0 Å². The molecule has 2 N–H and O–H groups in total. The zero-order valence-corrected chi connectivity index (χ0v) is 15.7. The van der Waals surface area contributed by atoms with Gasteiger partial charge in [0, 0.05) is 36.7 Å². The van der Waals surface area contributed by atoms with E-state index in [2.05, 4.69) is 38.0 Å². The third-order valence-corrected chi connectivity index (χ3v) is 4.41. The number of nitrogens with zero attached hydrogens (tertiary/aromatic N) is 3. The van der Waals surface area contributed by atoms with Gasteiger partial charge in [0.1, 0.15) is 0 Å². The molecule has 6 nitrogen and oxygen atoms in total. The molecule has 0 fully saturated rings. The molecule has 0 bridgehead atoms. The van der Waals surface area contributed by atoms with E-state index in [0.717, 1.165) is 42.2 Å². The van der Waals surface area contributed by atoms with Crippen molar-refractivity contribution >= 4 is 18.0 Å². The zero-order valence-electron chi connectivity index (χ0n) is 15.7. The van der Waals surface area contributed by atoms with Crippen molar-refractivity contribution in [2.45, 2.75) is 26.2 Å². The molecule has 1 amide bonds. The largest absolute Gasteiger partial charge is 0.372 e. The van der Waals surface area contributed by atoms with Crippen LogP contribution in [0.5, 0.6) is 0 Å². The molecule has 1 atom stereocenters. The minimum atomic E-state index is -0.0981. The monoisotopic (exact) mass is 363 g/mol. The summed E-state index contributed by atoms with van der Waals surface area (Å²) < 4.78 is 0. The van der Waals surface area contributed by atoms with Crippen LogP contribution >= 0.6 is 0 Å². The summed E-state index contributed by atoms with van der Waals surface area (Å²) in [7, 11) is 0. The lowest BCUT2D eigenvalue weighted by atomic mass is 9.90. The molecule has 2 aromatic rings. The maximum atomic E-state index is 11.6. The summed E-state index contributed by atoms with van der Waals surface area (Å²) in [6.07, 6.45) is 4.27. The highest BCUT2D eigenvalue weighted by molar-refractivity contribution is 5.85. The second kappa shape index (κ2) is 9.07. The SMILES string of the molecule is CC(C)C(=O)N/N=C/c1cccc(C(CC2=NCCN2)c2ccccn2)c1. The van der Waals surface area contributed by atoms with Gasteiger partial charge in [-0.1, -0.05) is 38.1 Å². The first kappa shape index (κ1) is 18.8. The number of rotatable bonds is 7. The Morgan fingerprint density at radius 3 is 2.89 bits per heavy atom. The molecular weight excluding hydrogens is 338 g/mol. The normalized spacial score (nSPS) is 14.9. The van der Waals surface area contributed by atoms with Gasteiger partial charge in [-0.3, -0.25) is 14.8 Å². The molecule has 140 valence electrons. The fraction of sp³-hybridized carbons (Fsp3) is 0.333. The lowest BCUT2D eigenvalue weighted by molar-refractivity contribution is -0.123. The molecular formula is C21H25N5O. The zero-order chi connectivity index (χ0) is 19.1. The lowest BCUT2D eigenvalue weighted by Gasteiger charge is -2.18. The molecule has 27 heavy (non-hydrogen) atoms. The number of hydrogen-bond donors (Lipinski definition) is 2. The van der Waals surface area contributed by atoms with Crippen molar-refractivity contribution < 1.29 is 4.79 Å². The first-order valence-corrected chi connectivity index (χ1v) is 9.24. The first-order chi connectivity index (χ1) is 13.1.